The monoisotopic (exact) mass is 264 g/mol. The molecule has 1 aromatic heterocycles. The highest BCUT2D eigenvalue weighted by atomic mass is 16.5. The van der Waals surface area contributed by atoms with Crippen molar-refractivity contribution in [1.29, 1.82) is 0 Å². The molecule has 3 rings (SSSR count). The molecule has 0 aromatic carbocycles. The van der Waals surface area contributed by atoms with Crippen LogP contribution in [0.25, 0.3) is 0 Å². The van der Waals surface area contributed by atoms with E-state index in [-0.39, 0.29) is 12.1 Å². The molecule has 1 aliphatic heterocycles. The van der Waals surface area contributed by atoms with E-state index in [0.717, 1.165) is 37.1 Å². The van der Waals surface area contributed by atoms with Crippen molar-refractivity contribution in [1.82, 2.24) is 4.90 Å². The van der Waals surface area contributed by atoms with Crippen molar-refractivity contribution in [3.05, 3.63) is 23.7 Å². The van der Waals surface area contributed by atoms with Gasteiger partial charge in [-0.2, -0.15) is 0 Å². The van der Waals surface area contributed by atoms with Gasteiger partial charge in [-0.05, 0) is 31.4 Å². The second-order valence-electron chi connectivity index (χ2n) is 5.99. The Morgan fingerprint density at radius 1 is 1.42 bits per heavy atom. The second kappa shape index (κ2) is 5.27. The Labute approximate surface area is 114 Å². The van der Waals surface area contributed by atoms with E-state index in [2.05, 4.69) is 30.9 Å². The number of hydrogen-bond acceptors (Lipinski definition) is 4. The third-order valence-corrected chi connectivity index (χ3v) is 4.39. The first-order valence-electron chi connectivity index (χ1n) is 7.34. The number of ether oxygens (including phenoxy) is 1. The number of furan rings is 1. The van der Waals surface area contributed by atoms with E-state index in [0.29, 0.717) is 12.5 Å². The fourth-order valence-electron chi connectivity index (χ4n) is 3.04. The summed E-state index contributed by atoms with van der Waals surface area (Å²) < 4.78 is 11.6. The first-order valence-corrected chi connectivity index (χ1v) is 7.34. The Morgan fingerprint density at radius 3 is 2.84 bits per heavy atom. The molecule has 1 saturated heterocycles. The number of hydrogen-bond donors (Lipinski definition) is 1. The van der Waals surface area contributed by atoms with Crippen molar-refractivity contribution in [2.75, 3.05) is 26.2 Å². The third-order valence-electron chi connectivity index (χ3n) is 4.39. The molecule has 2 fully saturated rings. The highest BCUT2D eigenvalue weighted by molar-refractivity contribution is 5.19. The predicted molar refractivity (Wildman–Crippen MR) is 74.0 cm³/mol. The van der Waals surface area contributed by atoms with E-state index in [9.17, 15) is 0 Å². The SMILES string of the molecule is CC1CN(C(CN)c2ccc(C3CC3C)o2)CCO1. The van der Waals surface area contributed by atoms with Gasteiger partial charge in [-0.3, -0.25) is 4.90 Å². The molecule has 4 unspecified atom stereocenters. The van der Waals surface area contributed by atoms with Gasteiger partial charge in [0.2, 0.25) is 0 Å². The molecule has 0 amide bonds. The van der Waals surface area contributed by atoms with E-state index < -0.39 is 0 Å². The Hall–Kier alpha value is -0.840. The maximum absolute atomic E-state index is 6.06. The van der Waals surface area contributed by atoms with Gasteiger partial charge in [0.25, 0.3) is 0 Å². The van der Waals surface area contributed by atoms with Gasteiger partial charge < -0.3 is 14.9 Å². The van der Waals surface area contributed by atoms with Crippen molar-refractivity contribution in [3.8, 4) is 0 Å². The van der Waals surface area contributed by atoms with E-state index in [1.807, 2.05) is 0 Å². The number of nitrogens with two attached hydrogens (primary N) is 1. The molecule has 4 atom stereocenters. The van der Waals surface area contributed by atoms with Crippen LogP contribution in [0.3, 0.4) is 0 Å². The summed E-state index contributed by atoms with van der Waals surface area (Å²) in [6.07, 6.45) is 1.54. The smallest absolute Gasteiger partial charge is 0.122 e. The van der Waals surface area contributed by atoms with Crippen molar-refractivity contribution >= 4 is 0 Å². The zero-order valence-corrected chi connectivity index (χ0v) is 11.8. The highest BCUT2D eigenvalue weighted by Crippen LogP contribution is 2.47. The maximum atomic E-state index is 6.06. The Morgan fingerprint density at radius 2 is 2.21 bits per heavy atom. The minimum absolute atomic E-state index is 0.189. The predicted octanol–water partition coefficient (Wildman–Crippen LogP) is 2.12. The lowest BCUT2D eigenvalue weighted by Gasteiger charge is -2.35. The molecule has 0 spiro atoms. The maximum Gasteiger partial charge on any atom is 0.122 e. The molecule has 0 bridgehead atoms. The molecular weight excluding hydrogens is 240 g/mol. The van der Waals surface area contributed by atoms with Gasteiger partial charge >= 0.3 is 0 Å². The summed E-state index contributed by atoms with van der Waals surface area (Å²) >= 11 is 0. The van der Waals surface area contributed by atoms with Crippen LogP contribution in [0.15, 0.2) is 16.5 Å². The molecule has 2 N–H and O–H groups in total. The normalized spacial score (nSPS) is 33.3. The van der Waals surface area contributed by atoms with Crippen molar-refractivity contribution < 1.29 is 9.15 Å². The topological polar surface area (TPSA) is 51.6 Å². The van der Waals surface area contributed by atoms with Crippen LogP contribution in [0.4, 0.5) is 0 Å². The fourth-order valence-corrected chi connectivity index (χ4v) is 3.04. The molecule has 4 heteroatoms. The molecule has 0 radical (unpaired) electrons. The van der Waals surface area contributed by atoms with Gasteiger partial charge in [-0.25, -0.2) is 0 Å². The zero-order chi connectivity index (χ0) is 13.4. The van der Waals surface area contributed by atoms with Crippen molar-refractivity contribution in [2.45, 2.75) is 38.3 Å². The van der Waals surface area contributed by atoms with E-state index in [4.69, 9.17) is 14.9 Å². The van der Waals surface area contributed by atoms with E-state index in [1.54, 1.807) is 0 Å². The molecule has 2 heterocycles. The zero-order valence-electron chi connectivity index (χ0n) is 11.8. The summed E-state index contributed by atoms with van der Waals surface area (Å²) in [4.78, 5) is 2.38. The van der Waals surface area contributed by atoms with Crippen LogP contribution < -0.4 is 5.73 Å². The summed E-state index contributed by atoms with van der Waals surface area (Å²) in [5, 5.41) is 0. The second-order valence-corrected chi connectivity index (χ2v) is 5.99. The number of nitrogens with zero attached hydrogens (tertiary/aromatic N) is 1. The number of morpholine rings is 1. The van der Waals surface area contributed by atoms with Gasteiger partial charge in [0.15, 0.2) is 0 Å². The van der Waals surface area contributed by atoms with Crippen molar-refractivity contribution in [2.24, 2.45) is 11.7 Å². The van der Waals surface area contributed by atoms with Crippen LogP contribution in [0, 0.1) is 5.92 Å². The Balaban J connectivity index is 1.72. The van der Waals surface area contributed by atoms with Gasteiger partial charge in [0.05, 0.1) is 18.8 Å². The standard InChI is InChI=1S/C15H24N2O2/c1-10-7-12(10)14-3-4-15(19-14)13(8-16)17-5-6-18-11(2)9-17/h3-4,10-13H,5-9,16H2,1-2H3. The molecular formula is C15H24N2O2. The summed E-state index contributed by atoms with van der Waals surface area (Å²) in [5.74, 6) is 3.57. The third kappa shape index (κ3) is 2.71. The van der Waals surface area contributed by atoms with Crippen molar-refractivity contribution in [3.63, 3.8) is 0 Å². The Bertz CT molecular complexity index is 432. The van der Waals surface area contributed by atoms with Gasteiger partial charge in [0.1, 0.15) is 11.5 Å². The van der Waals surface area contributed by atoms with Crippen LogP contribution in [0.1, 0.15) is 43.7 Å². The lowest BCUT2D eigenvalue weighted by Crippen LogP contribution is -2.45. The lowest BCUT2D eigenvalue weighted by molar-refractivity contribution is -0.0362. The first-order chi connectivity index (χ1) is 9.19. The summed E-state index contributed by atoms with van der Waals surface area (Å²) in [6, 6.07) is 4.43. The lowest BCUT2D eigenvalue weighted by atomic mass is 10.1. The largest absolute Gasteiger partial charge is 0.464 e. The molecule has 1 saturated carbocycles. The summed E-state index contributed by atoms with van der Waals surface area (Å²) in [7, 11) is 0. The molecule has 106 valence electrons. The van der Waals surface area contributed by atoms with E-state index >= 15 is 0 Å². The highest BCUT2D eigenvalue weighted by Gasteiger charge is 2.37. The van der Waals surface area contributed by atoms with Crippen LogP contribution in [0.2, 0.25) is 0 Å². The molecule has 19 heavy (non-hydrogen) atoms. The van der Waals surface area contributed by atoms with Crippen LogP contribution in [-0.2, 0) is 4.74 Å². The minimum atomic E-state index is 0.189. The van der Waals surface area contributed by atoms with Crippen LogP contribution in [0.5, 0.6) is 0 Å². The van der Waals surface area contributed by atoms with E-state index in [1.165, 1.54) is 6.42 Å². The minimum Gasteiger partial charge on any atom is -0.464 e. The van der Waals surface area contributed by atoms with Gasteiger partial charge in [-0.15, -0.1) is 0 Å². The van der Waals surface area contributed by atoms with Crippen LogP contribution >= 0.6 is 0 Å². The average Bonchev–Trinajstić information content (AvgIpc) is 2.93. The molecule has 4 nitrogen and oxygen atoms in total. The average molecular weight is 264 g/mol. The summed E-state index contributed by atoms with van der Waals surface area (Å²) in [6.45, 7) is 7.63. The molecule has 2 aliphatic rings. The van der Waals surface area contributed by atoms with Gasteiger partial charge in [0, 0.05) is 25.6 Å². The van der Waals surface area contributed by atoms with Gasteiger partial charge in [-0.1, -0.05) is 6.92 Å². The molecule has 1 aromatic rings. The fraction of sp³-hybridized carbons (Fsp3) is 0.733. The Kier molecular flexibility index (Phi) is 3.65. The molecule has 1 aliphatic carbocycles. The first kappa shape index (κ1) is 13.2. The number of rotatable bonds is 4. The van der Waals surface area contributed by atoms with Crippen LogP contribution in [-0.4, -0.2) is 37.2 Å². The summed E-state index contributed by atoms with van der Waals surface area (Å²) in [5.41, 5.74) is 5.97. The quantitative estimate of drug-likeness (QED) is 0.905.